The van der Waals surface area contributed by atoms with Crippen molar-refractivity contribution >= 4 is 29.8 Å². The third-order valence-corrected chi connectivity index (χ3v) is 5.61. The van der Waals surface area contributed by atoms with Gasteiger partial charge < -0.3 is 30.2 Å². The summed E-state index contributed by atoms with van der Waals surface area (Å²) in [7, 11) is 2.15. The van der Waals surface area contributed by atoms with Gasteiger partial charge in [0.15, 0.2) is 5.54 Å². The zero-order valence-corrected chi connectivity index (χ0v) is 22.0. The summed E-state index contributed by atoms with van der Waals surface area (Å²) < 4.78 is 53.8. The van der Waals surface area contributed by atoms with Gasteiger partial charge in [-0.15, -0.1) is 0 Å². The van der Waals surface area contributed by atoms with E-state index in [0.717, 1.165) is 38.5 Å². The van der Waals surface area contributed by atoms with E-state index < -0.39 is 84.3 Å². The number of alkyl carbamates (subject to hydrolysis) is 1. The standard InChI is InChI=1S/C24H31F3N4O8/c1-22(2,3)39-21(36)29-11-16(32)31-23(20(35)38-5)10-15(19(34)28-12-17(33)37-4)30-18(23)13-6-8-14(9-7-13)24(25,26)27/h6-9,15,18,30H,10-12H2,1-5H3,(H,28,34)(H,29,36)(H,31,32)/t15-,18-,23+/m1/s1. The van der Waals surface area contributed by atoms with Gasteiger partial charge in [0, 0.05) is 6.42 Å². The van der Waals surface area contributed by atoms with E-state index in [-0.39, 0.29) is 5.56 Å². The molecule has 0 bridgehead atoms. The van der Waals surface area contributed by atoms with Gasteiger partial charge in [0.05, 0.1) is 31.9 Å². The van der Waals surface area contributed by atoms with Crippen molar-refractivity contribution in [3.63, 3.8) is 0 Å². The number of alkyl halides is 3. The van der Waals surface area contributed by atoms with E-state index in [1.807, 2.05) is 0 Å². The lowest BCUT2D eigenvalue weighted by Crippen LogP contribution is -2.59. The molecule has 1 aliphatic rings. The summed E-state index contributed by atoms with van der Waals surface area (Å²) in [5, 5.41) is 9.88. The number of ether oxygens (including phenoxy) is 3. The largest absolute Gasteiger partial charge is 0.468 e. The number of esters is 2. The van der Waals surface area contributed by atoms with Crippen LogP contribution in [0.4, 0.5) is 18.0 Å². The molecule has 1 aromatic rings. The molecule has 2 rings (SSSR count). The van der Waals surface area contributed by atoms with E-state index in [0.29, 0.717) is 0 Å². The molecule has 0 radical (unpaired) electrons. The Morgan fingerprint density at radius 1 is 0.974 bits per heavy atom. The maximum atomic E-state index is 13.1. The predicted molar refractivity (Wildman–Crippen MR) is 128 cm³/mol. The third-order valence-electron chi connectivity index (χ3n) is 5.61. The molecule has 1 aliphatic heterocycles. The molecule has 0 aromatic heterocycles. The second-order valence-corrected chi connectivity index (χ2v) is 9.64. The fraction of sp³-hybridized carbons (Fsp3) is 0.542. The first-order valence-corrected chi connectivity index (χ1v) is 11.7. The van der Waals surface area contributed by atoms with Crippen molar-refractivity contribution in [3.8, 4) is 0 Å². The summed E-state index contributed by atoms with van der Waals surface area (Å²) in [5.41, 5.74) is -3.67. The van der Waals surface area contributed by atoms with Crippen LogP contribution in [0.3, 0.4) is 0 Å². The average molecular weight is 561 g/mol. The molecule has 0 unspecified atom stereocenters. The van der Waals surface area contributed by atoms with Crippen LogP contribution < -0.4 is 21.3 Å². The number of carbonyl (C=O) groups is 5. The van der Waals surface area contributed by atoms with Crippen molar-refractivity contribution in [3.05, 3.63) is 35.4 Å². The number of nitrogens with one attached hydrogen (secondary N) is 4. The molecule has 39 heavy (non-hydrogen) atoms. The Hall–Kier alpha value is -3.88. The highest BCUT2D eigenvalue weighted by Crippen LogP contribution is 2.39. The van der Waals surface area contributed by atoms with E-state index in [2.05, 4.69) is 26.0 Å². The van der Waals surface area contributed by atoms with E-state index in [9.17, 15) is 37.1 Å². The molecule has 216 valence electrons. The van der Waals surface area contributed by atoms with Crippen LogP contribution in [-0.2, 0) is 39.6 Å². The van der Waals surface area contributed by atoms with Gasteiger partial charge in [-0.3, -0.25) is 19.7 Å². The van der Waals surface area contributed by atoms with E-state index >= 15 is 0 Å². The second kappa shape index (κ2) is 12.3. The van der Waals surface area contributed by atoms with Crippen LogP contribution in [0.15, 0.2) is 24.3 Å². The van der Waals surface area contributed by atoms with Crippen LogP contribution in [0.5, 0.6) is 0 Å². The van der Waals surface area contributed by atoms with Crippen LogP contribution in [0.1, 0.15) is 44.4 Å². The molecule has 1 saturated heterocycles. The number of rotatable bonds is 8. The Morgan fingerprint density at radius 2 is 1.59 bits per heavy atom. The number of halogens is 3. The lowest BCUT2D eigenvalue weighted by Gasteiger charge is -2.33. The van der Waals surface area contributed by atoms with Gasteiger partial charge in [0.1, 0.15) is 18.7 Å². The summed E-state index contributed by atoms with van der Waals surface area (Å²) in [6.07, 6.45) is -5.94. The first kappa shape index (κ1) is 31.3. The van der Waals surface area contributed by atoms with Gasteiger partial charge in [-0.2, -0.15) is 13.2 Å². The Morgan fingerprint density at radius 3 is 2.10 bits per heavy atom. The number of hydrogen-bond acceptors (Lipinski definition) is 9. The third kappa shape index (κ3) is 8.30. The molecule has 0 aliphatic carbocycles. The van der Waals surface area contributed by atoms with Crippen molar-refractivity contribution in [1.82, 2.24) is 21.3 Å². The van der Waals surface area contributed by atoms with Crippen molar-refractivity contribution in [2.24, 2.45) is 0 Å². The van der Waals surface area contributed by atoms with Gasteiger partial charge in [0.2, 0.25) is 11.8 Å². The molecule has 0 saturated carbocycles. The number of methoxy groups -OCH3 is 2. The van der Waals surface area contributed by atoms with Crippen LogP contribution in [0.25, 0.3) is 0 Å². The van der Waals surface area contributed by atoms with E-state index in [4.69, 9.17) is 9.47 Å². The first-order chi connectivity index (χ1) is 18.0. The highest BCUT2D eigenvalue weighted by Gasteiger charge is 2.57. The van der Waals surface area contributed by atoms with Gasteiger partial charge >= 0.3 is 24.2 Å². The summed E-state index contributed by atoms with van der Waals surface area (Å²) in [6.45, 7) is 3.72. The SMILES string of the molecule is COC(=O)CNC(=O)[C@H]1C[C@@](NC(=O)CNC(=O)OC(C)(C)C)(C(=O)OC)[C@@H](c2ccc(C(F)(F)F)cc2)N1. The minimum atomic E-state index is -4.63. The summed E-state index contributed by atoms with van der Waals surface area (Å²) in [4.78, 5) is 62.2. The van der Waals surface area contributed by atoms with Gasteiger partial charge in [-0.25, -0.2) is 9.59 Å². The Bertz CT molecular complexity index is 1090. The fourth-order valence-electron chi connectivity index (χ4n) is 3.93. The number of amides is 3. The summed E-state index contributed by atoms with van der Waals surface area (Å²) >= 11 is 0. The predicted octanol–water partition coefficient (Wildman–Crippen LogP) is 0.950. The van der Waals surface area contributed by atoms with Crippen molar-refractivity contribution < 1.29 is 51.4 Å². The maximum Gasteiger partial charge on any atom is 0.416 e. The Balaban J connectivity index is 2.40. The van der Waals surface area contributed by atoms with Crippen LogP contribution >= 0.6 is 0 Å². The minimum absolute atomic E-state index is 0.122. The van der Waals surface area contributed by atoms with Crippen LogP contribution in [0.2, 0.25) is 0 Å². The van der Waals surface area contributed by atoms with Crippen LogP contribution in [0, 0.1) is 0 Å². The van der Waals surface area contributed by atoms with Gasteiger partial charge in [-0.05, 0) is 38.5 Å². The molecule has 12 nitrogen and oxygen atoms in total. The van der Waals surface area contributed by atoms with Crippen LogP contribution in [-0.4, -0.2) is 74.3 Å². The topological polar surface area (TPSA) is 161 Å². The highest BCUT2D eigenvalue weighted by molar-refractivity contribution is 5.94. The summed E-state index contributed by atoms with van der Waals surface area (Å²) in [6, 6.07) is 1.33. The minimum Gasteiger partial charge on any atom is -0.468 e. The molecule has 15 heteroatoms. The normalized spacial score (nSPS) is 20.9. The molecule has 0 spiro atoms. The van der Waals surface area contributed by atoms with Crippen molar-refractivity contribution in [2.75, 3.05) is 27.3 Å². The van der Waals surface area contributed by atoms with Crippen molar-refractivity contribution in [1.29, 1.82) is 0 Å². The number of benzene rings is 1. The molecule has 4 N–H and O–H groups in total. The monoisotopic (exact) mass is 560 g/mol. The molecular weight excluding hydrogens is 529 g/mol. The fourth-order valence-corrected chi connectivity index (χ4v) is 3.93. The Kier molecular flexibility index (Phi) is 9.90. The average Bonchev–Trinajstić information content (AvgIpc) is 3.24. The molecular formula is C24H31F3N4O8. The molecule has 1 fully saturated rings. The molecule has 1 aromatic carbocycles. The molecule has 1 heterocycles. The smallest absolute Gasteiger partial charge is 0.416 e. The van der Waals surface area contributed by atoms with Crippen molar-refractivity contribution in [2.45, 2.75) is 56.6 Å². The molecule has 3 amide bonds. The number of carbonyl (C=O) groups excluding carboxylic acids is 5. The first-order valence-electron chi connectivity index (χ1n) is 11.7. The second-order valence-electron chi connectivity index (χ2n) is 9.64. The zero-order chi connectivity index (χ0) is 29.6. The summed E-state index contributed by atoms with van der Waals surface area (Å²) in [5.74, 6) is -3.38. The van der Waals surface area contributed by atoms with Gasteiger partial charge in [-0.1, -0.05) is 12.1 Å². The maximum absolute atomic E-state index is 13.1. The van der Waals surface area contributed by atoms with Gasteiger partial charge in [0.25, 0.3) is 0 Å². The highest BCUT2D eigenvalue weighted by atomic mass is 19.4. The lowest BCUT2D eigenvalue weighted by molar-refractivity contribution is -0.151. The number of hydrogen-bond donors (Lipinski definition) is 4. The Labute approximate surface area is 222 Å². The lowest BCUT2D eigenvalue weighted by atomic mass is 9.84. The van der Waals surface area contributed by atoms with E-state index in [1.54, 1.807) is 20.8 Å². The van der Waals surface area contributed by atoms with E-state index in [1.165, 1.54) is 0 Å². The quantitative estimate of drug-likeness (QED) is 0.268. The zero-order valence-electron chi connectivity index (χ0n) is 22.0. The molecule has 3 atom stereocenters.